The minimum absolute atomic E-state index is 0.0109. The van der Waals surface area contributed by atoms with Crippen molar-refractivity contribution in [2.75, 3.05) is 6.61 Å². The summed E-state index contributed by atoms with van der Waals surface area (Å²) in [5, 5.41) is 0. The third kappa shape index (κ3) is 4.25. The predicted molar refractivity (Wildman–Crippen MR) is 53.3 cm³/mol. The van der Waals surface area contributed by atoms with Crippen molar-refractivity contribution in [2.45, 2.75) is 19.5 Å². The summed E-state index contributed by atoms with van der Waals surface area (Å²) in [7, 11) is 0. The van der Waals surface area contributed by atoms with E-state index in [-0.39, 0.29) is 12.4 Å². The molecule has 0 bridgehead atoms. The summed E-state index contributed by atoms with van der Waals surface area (Å²) in [5.74, 6) is -0.972. The van der Waals surface area contributed by atoms with E-state index in [0.717, 1.165) is 0 Å². The molecule has 0 heterocycles. The van der Waals surface area contributed by atoms with Crippen molar-refractivity contribution >= 4 is 5.97 Å². The van der Waals surface area contributed by atoms with Gasteiger partial charge < -0.3 is 9.47 Å². The highest BCUT2D eigenvalue weighted by Crippen LogP contribution is 2.24. The quantitative estimate of drug-likeness (QED) is 0.729. The van der Waals surface area contributed by atoms with Crippen LogP contribution in [0.5, 0.6) is 5.75 Å². The van der Waals surface area contributed by atoms with Crippen LogP contribution in [0.1, 0.15) is 13.3 Å². The highest BCUT2D eigenvalue weighted by Gasteiger charge is 2.35. The molecule has 0 aromatic heterocycles. The van der Waals surface area contributed by atoms with Crippen molar-refractivity contribution in [3.63, 3.8) is 0 Å². The number of hydrogen-bond acceptors (Lipinski definition) is 3. The minimum atomic E-state index is -3.55. The van der Waals surface area contributed by atoms with Gasteiger partial charge in [-0.05, 0) is 19.1 Å². The third-order valence-electron chi connectivity index (χ3n) is 1.67. The Morgan fingerprint density at radius 1 is 1.31 bits per heavy atom. The van der Waals surface area contributed by atoms with Crippen LogP contribution in [-0.4, -0.2) is 18.7 Å². The van der Waals surface area contributed by atoms with E-state index in [9.17, 15) is 13.6 Å². The molecule has 0 fully saturated rings. The maximum absolute atomic E-state index is 13.2. The van der Waals surface area contributed by atoms with E-state index in [0.29, 0.717) is 0 Å². The number of alkyl halides is 2. The monoisotopic (exact) mass is 230 g/mol. The summed E-state index contributed by atoms with van der Waals surface area (Å²) < 4.78 is 35.1. The SMILES string of the molecule is CCOC(=O)CC(F)(F)Oc1ccccc1. The predicted octanol–water partition coefficient (Wildman–Crippen LogP) is 2.61. The first-order chi connectivity index (χ1) is 7.53. The molecule has 0 aliphatic rings. The standard InChI is InChI=1S/C11H12F2O3/c1-2-15-10(14)8-11(12,13)16-9-6-4-3-5-7-9/h3-7H,2,8H2,1H3. The molecule has 0 aliphatic heterocycles. The van der Waals surface area contributed by atoms with Crippen molar-refractivity contribution in [2.24, 2.45) is 0 Å². The number of halogens is 2. The number of esters is 1. The first-order valence-corrected chi connectivity index (χ1v) is 4.81. The lowest BCUT2D eigenvalue weighted by molar-refractivity contribution is -0.194. The van der Waals surface area contributed by atoms with Gasteiger partial charge in [-0.1, -0.05) is 18.2 Å². The maximum atomic E-state index is 13.2. The molecular formula is C11H12F2O3. The molecule has 0 aliphatic carbocycles. The van der Waals surface area contributed by atoms with Gasteiger partial charge in [0.25, 0.3) is 0 Å². The summed E-state index contributed by atoms with van der Waals surface area (Å²) >= 11 is 0. The molecule has 0 amide bonds. The Kier molecular flexibility index (Phi) is 4.22. The Morgan fingerprint density at radius 2 is 1.94 bits per heavy atom. The van der Waals surface area contributed by atoms with Crippen molar-refractivity contribution < 1.29 is 23.0 Å². The molecule has 1 aromatic rings. The van der Waals surface area contributed by atoms with Crippen LogP contribution < -0.4 is 4.74 Å². The van der Waals surface area contributed by atoms with E-state index in [1.54, 1.807) is 25.1 Å². The van der Waals surface area contributed by atoms with E-state index < -0.39 is 18.5 Å². The van der Waals surface area contributed by atoms with Gasteiger partial charge in [0.05, 0.1) is 6.61 Å². The molecule has 1 rings (SSSR count). The van der Waals surface area contributed by atoms with Crippen molar-refractivity contribution in [3.8, 4) is 5.75 Å². The third-order valence-corrected chi connectivity index (χ3v) is 1.67. The van der Waals surface area contributed by atoms with Gasteiger partial charge in [-0.3, -0.25) is 4.79 Å². The zero-order valence-electron chi connectivity index (χ0n) is 8.78. The number of hydrogen-bond donors (Lipinski definition) is 0. The summed E-state index contributed by atoms with van der Waals surface area (Å²) in [4.78, 5) is 10.9. The van der Waals surface area contributed by atoms with E-state index in [4.69, 9.17) is 0 Å². The van der Waals surface area contributed by atoms with Gasteiger partial charge in [0.15, 0.2) is 0 Å². The number of para-hydroxylation sites is 1. The highest BCUT2D eigenvalue weighted by molar-refractivity contribution is 5.70. The lowest BCUT2D eigenvalue weighted by atomic mass is 10.3. The van der Waals surface area contributed by atoms with Gasteiger partial charge in [0.2, 0.25) is 0 Å². The first kappa shape index (κ1) is 12.4. The average molecular weight is 230 g/mol. The number of rotatable bonds is 5. The Balaban J connectivity index is 2.54. The van der Waals surface area contributed by atoms with E-state index >= 15 is 0 Å². The molecule has 5 heteroatoms. The van der Waals surface area contributed by atoms with Crippen LogP contribution in [0.4, 0.5) is 8.78 Å². The summed E-state index contributed by atoms with van der Waals surface area (Å²) in [6.45, 7) is 1.62. The number of ether oxygens (including phenoxy) is 2. The fourth-order valence-electron chi connectivity index (χ4n) is 1.08. The summed E-state index contributed by atoms with van der Waals surface area (Å²) in [5.41, 5.74) is 0. The van der Waals surface area contributed by atoms with Gasteiger partial charge in [0.1, 0.15) is 12.2 Å². The van der Waals surface area contributed by atoms with Gasteiger partial charge in [-0.25, -0.2) is 0 Å². The van der Waals surface area contributed by atoms with Crippen LogP contribution in [0.25, 0.3) is 0 Å². The van der Waals surface area contributed by atoms with Gasteiger partial charge in [-0.2, -0.15) is 8.78 Å². The van der Waals surface area contributed by atoms with Crippen molar-refractivity contribution in [1.29, 1.82) is 0 Å². The second kappa shape index (κ2) is 5.44. The van der Waals surface area contributed by atoms with E-state index in [1.165, 1.54) is 12.1 Å². The van der Waals surface area contributed by atoms with E-state index in [1.807, 2.05) is 0 Å². The van der Waals surface area contributed by atoms with Crippen LogP contribution in [0, 0.1) is 0 Å². The summed E-state index contributed by atoms with van der Waals surface area (Å²) in [6, 6.07) is 7.58. The van der Waals surface area contributed by atoms with Crippen LogP contribution in [-0.2, 0) is 9.53 Å². The molecule has 16 heavy (non-hydrogen) atoms. The van der Waals surface area contributed by atoms with Crippen molar-refractivity contribution in [3.05, 3.63) is 30.3 Å². The van der Waals surface area contributed by atoms with Gasteiger partial charge in [0, 0.05) is 0 Å². The zero-order valence-corrected chi connectivity index (χ0v) is 8.78. The fourth-order valence-corrected chi connectivity index (χ4v) is 1.08. The second-order valence-electron chi connectivity index (χ2n) is 3.03. The average Bonchev–Trinajstić information content (AvgIpc) is 2.17. The maximum Gasteiger partial charge on any atom is 0.408 e. The molecule has 0 N–H and O–H groups in total. The van der Waals surface area contributed by atoms with Crippen LogP contribution >= 0.6 is 0 Å². The lowest BCUT2D eigenvalue weighted by Crippen LogP contribution is -2.29. The Hall–Kier alpha value is -1.65. The molecule has 3 nitrogen and oxygen atoms in total. The molecule has 0 radical (unpaired) electrons. The summed E-state index contributed by atoms with van der Waals surface area (Å²) in [6.07, 6.45) is -4.64. The molecule has 0 spiro atoms. The second-order valence-corrected chi connectivity index (χ2v) is 3.03. The van der Waals surface area contributed by atoms with Crippen LogP contribution in [0.3, 0.4) is 0 Å². The normalized spacial score (nSPS) is 10.9. The minimum Gasteiger partial charge on any atom is -0.466 e. The number of carbonyl (C=O) groups excluding carboxylic acids is 1. The zero-order chi connectivity index (χ0) is 12.0. The molecular weight excluding hydrogens is 218 g/mol. The fraction of sp³-hybridized carbons (Fsp3) is 0.364. The molecule has 0 saturated heterocycles. The van der Waals surface area contributed by atoms with Crippen LogP contribution in [0.15, 0.2) is 30.3 Å². The smallest absolute Gasteiger partial charge is 0.408 e. The largest absolute Gasteiger partial charge is 0.466 e. The topological polar surface area (TPSA) is 35.5 Å². The van der Waals surface area contributed by atoms with E-state index in [2.05, 4.69) is 9.47 Å². The molecule has 88 valence electrons. The number of carbonyl (C=O) groups is 1. The number of benzene rings is 1. The molecule has 0 saturated carbocycles. The van der Waals surface area contributed by atoms with Crippen LogP contribution in [0.2, 0.25) is 0 Å². The molecule has 0 unspecified atom stereocenters. The lowest BCUT2D eigenvalue weighted by Gasteiger charge is -2.16. The Morgan fingerprint density at radius 3 is 2.50 bits per heavy atom. The Labute approximate surface area is 92.0 Å². The van der Waals surface area contributed by atoms with Crippen molar-refractivity contribution in [1.82, 2.24) is 0 Å². The Bertz CT molecular complexity index is 338. The van der Waals surface area contributed by atoms with Gasteiger partial charge in [-0.15, -0.1) is 0 Å². The highest BCUT2D eigenvalue weighted by atomic mass is 19.3. The van der Waals surface area contributed by atoms with Gasteiger partial charge >= 0.3 is 12.1 Å². The molecule has 0 atom stereocenters. The first-order valence-electron chi connectivity index (χ1n) is 4.81. The molecule has 1 aromatic carbocycles.